The average Bonchev–Trinajstić information content (AvgIpc) is 2.28. The van der Waals surface area contributed by atoms with E-state index < -0.39 is 5.54 Å². The number of hydrogen-bond acceptors (Lipinski definition) is 1. The standard InChI is InChI=1S/C16H18FN/c1-11-8-9-13(12(2)10-11)16(3,18)14-6-4-5-7-15(14)17/h4-10H,18H2,1-3H3. The Kier molecular flexibility index (Phi) is 3.22. The van der Waals surface area contributed by atoms with Crippen LogP contribution in [0.25, 0.3) is 0 Å². The number of halogens is 1. The van der Waals surface area contributed by atoms with Crippen molar-refractivity contribution >= 4 is 0 Å². The van der Waals surface area contributed by atoms with Crippen molar-refractivity contribution in [3.8, 4) is 0 Å². The number of benzene rings is 2. The van der Waals surface area contributed by atoms with Crippen molar-refractivity contribution in [2.45, 2.75) is 26.3 Å². The van der Waals surface area contributed by atoms with Gasteiger partial charge in [0.15, 0.2) is 0 Å². The lowest BCUT2D eigenvalue weighted by Gasteiger charge is -2.28. The molecule has 94 valence electrons. The molecule has 0 aromatic heterocycles. The molecule has 1 nitrogen and oxygen atoms in total. The molecule has 0 bridgehead atoms. The van der Waals surface area contributed by atoms with Gasteiger partial charge in [0.2, 0.25) is 0 Å². The lowest BCUT2D eigenvalue weighted by Crippen LogP contribution is -2.36. The van der Waals surface area contributed by atoms with Gasteiger partial charge in [0.05, 0.1) is 5.54 Å². The lowest BCUT2D eigenvalue weighted by molar-refractivity contribution is 0.529. The van der Waals surface area contributed by atoms with E-state index >= 15 is 0 Å². The van der Waals surface area contributed by atoms with Crippen molar-refractivity contribution in [3.05, 3.63) is 70.5 Å². The SMILES string of the molecule is Cc1ccc(C(C)(N)c2ccccc2F)c(C)c1. The van der Waals surface area contributed by atoms with Gasteiger partial charge in [-0.05, 0) is 38.0 Å². The van der Waals surface area contributed by atoms with Crippen molar-refractivity contribution in [3.63, 3.8) is 0 Å². The minimum absolute atomic E-state index is 0.262. The third-order valence-electron chi connectivity index (χ3n) is 3.37. The van der Waals surface area contributed by atoms with Crippen LogP contribution in [0.4, 0.5) is 4.39 Å². The molecule has 0 fully saturated rings. The molecule has 0 radical (unpaired) electrons. The Morgan fingerprint density at radius 2 is 1.67 bits per heavy atom. The average molecular weight is 243 g/mol. The molecule has 0 spiro atoms. The second kappa shape index (κ2) is 4.54. The Labute approximate surface area is 107 Å². The van der Waals surface area contributed by atoms with Gasteiger partial charge in [-0.1, -0.05) is 42.0 Å². The molecule has 2 rings (SSSR count). The van der Waals surface area contributed by atoms with Gasteiger partial charge in [-0.2, -0.15) is 0 Å². The molecule has 18 heavy (non-hydrogen) atoms. The maximum atomic E-state index is 13.9. The van der Waals surface area contributed by atoms with E-state index in [0.29, 0.717) is 5.56 Å². The Hall–Kier alpha value is -1.67. The number of rotatable bonds is 2. The van der Waals surface area contributed by atoms with Crippen LogP contribution in [-0.2, 0) is 5.54 Å². The summed E-state index contributed by atoms with van der Waals surface area (Å²) in [7, 11) is 0. The van der Waals surface area contributed by atoms with E-state index in [0.717, 1.165) is 11.1 Å². The molecule has 2 aromatic carbocycles. The van der Waals surface area contributed by atoms with Crippen LogP contribution in [0.2, 0.25) is 0 Å². The molecule has 2 aromatic rings. The molecule has 0 aliphatic rings. The summed E-state index contributed by atoms with van der Waals surface area (Å²) >= 11 is 0. The van der Waals surface area contributed by atoms with Crippen LogP contribution in [-0.4, -0.2) is 0 Å². The molecule has 2 N–H and O–H groups in total. The van der Waals surface area contributed by atoms with Gasteiger partial charge < -0.3 is 5.73 Å². The second-order valence-electron chi connectivity index (χ2n) is 5.00. The molecular weight excluding hydrogens is 225 g/mol. The highest BCUT2D eigenvalue weighted by molar-refractivity contribution is 5.43. The monoisotopic (exact) mass is 243 g/mol. The molecule has 0 saturated heterocycles. The number of aryl methyl sites for hydroxylation is 2. The van der Waals surface area contributed by atoms with Crippen LogP contribution in [0.3, 0.4) is 0 Å². The van der Waals surface area contributed by atoms with Gasteiger partial charge in [-0.3, -0.25) is 0 Å². The maximum absolute atomic E-state index is 13.9. The molecular formula is C16H18FN. The molecule has 0 aliphatic carbocycles. The van der Waals surface area contributed by atoms with Gasteiger partial charge in [-0.25, -0.2) is 4.39 Å². The summed E-state index contributed by atoms with van der Waals surface area (Å²) in [5.74, 6) is -0.262. The molecule has 0 aliphatic heterocycles. The summed E-state index contributed by atoms with van der Waals surface area (Å²) in [6.45, 7) is 5.89. The minimum atomic E-state index is -0.816. The zero-order valence-corrected chi connectivity index (χ0v) is 11.0. The summed E-state index contributed by atoms with van der Waals surface area (Å²) in [5.41, 5.74) is 9.30. The van der Waals surface area contributed by atoms with E-state index in [-0.39, 0.29) is 5.82 Å². The highest BCUT2D eigenvalue weighted by atomic mass is 19.1. The van der Waals surface area contributed by atoms with Crippen molar-refractivity contribution in [2.24, 2.45) is 5.73 Å². The fourth-order valence-electron chi connectivity index (χ4n) is 2.42. The summed E-state index contributed by atoms with van der Waals surface area (Å²) < 4.78 is 13.9. The van der Waals surface area contributed by atoms with E-state index in [1.165, 1.54) is 11.6 Å². The van der Waals surface area contributed by atoms with Gasteiger partial charge >= 0.3 is 0 Å². The van der Waals surface area contributed by atoms with Gasteiger partial charge in [0.25, 0.3) is 0 Å². The van der Waals surface area contributed by atoms with Crippen molar-refractivity contribution < 1.29 is 4.39 Å². The Bertz CT molecular complexity index is 573. The fraction of sp³-hybridized carbons (Fsp3) is 0.250. The predicted octanol–water partition coefficient (Wildman–Crippen LogP) is 3.66. The number of nitrogens with two attached hydrogens (primary N) is 1. The Morgan fingerprint density at radius 3 is 2.28 bits per heavy atom. The first-order valence-electron chi connectivity index (χ1n) is 6.04. The molecule has 1 unspecified atom stereocenters. The normalized spacial score (nSPS) is 14.3. The smallest absolute Gasteiger partial charge is 0.128 e. The third-order valence-corrected chi connectivity index (χ3v) is 3.37. The highest BCUT2D eigenvalue weighted by Crippen LogP contribution is 2.30. The van der Waals surface area contributed by atoms with Crippen LogP contribution in [0.5, 0.6) is 0 Å². The molecule has 0 saturated carbocycles. The van der Waals surface area contributed by atoms with Gasteiger partial charge in [0, 0.05) is 5.56 Å². The summed E-state index contributed by atoms with van der Waals surface area (Å²) in [6, 6.07) is 12.7. The molecule has 0 amide bonds. The summed E-state index contributed by atoms with van der Waals surface area (Å²) in [5, 5.41) is 0. The van der Waals surface area contributed by atoms with E-state index in [2.05, 4.69) is 6.07 Å². The van der Waals surface area contributed by atoms with Crippen LogP contribution >= 0.6 is 0 Å². The first-order valence-corrected chi connectivity index (χ1v) is 6.04. The van der Waals surface area contributed by atoms with E-state index in [9.17, 15) is 4.39 Å². The van der Waals surface area contributed by atoms with Gasteiger partial charge in [0.1, 0.15) is 5.82 Å². The van der Waals surface area contributed by atoms with Crippen molar-refractivity contribution in [2.75, 3.05) is 0 Å². The first-order chi connectivity index (χ1) is 8.43. The van der Waals surface area contributed by atoms with Crippen molar-refractivity contribution in [1.29, 1.82) is 0 Å². The zero-order chi connectivity index (χ0) is 13.3. The molecule has 0 heterocycles. The van der Waals surface area contributed by atoms with Crippen molar-refractivity contribution in [1.82, 2.24) is 0 Å². The quantitative estimate of drug-likeness (QED) is 0.855. The lowest BCUT2D eigenvalue weighted by atomic mass is 9.82. The summed E-state index contributed by atoms with van der Waals surface area (Å²) in [4.78, 5) is 0. The van der Waals surface area contributed by atoms with Gasteiger partial charge in [-0.15, -0.1) is 0 Å². The fourth-order valence-corrected chi connectivity index (χ4v) is 2.42. The topological polar surface area (TPSA) is 26.0 Å². The van der Waals surface area contributed by atoms with Crippen LogP contribution < -0.4 is 5.73 Å². The maximum Gasteiger partial charge on any atom is 0.128 e. The second-order valence-corrected chi connectivity index (χ2v) is 5.00. The Balaban J connectivity index is 2.58. The van der Waals surface area contributed by atoms with E-state index in [4.69, 9.17) is 5.73 Å². The first kappa shape index (κ1) is 12.8. The predicted molar refractivity (Wildman–Crippen MR) is 73.0 cm³/mol. The van der Waals surface area contributed by atoms with Crippen LogP contribution in [0, 0.1) is 19.7 Å². The largest absolute Gasteiger partial charge is 0.318 e. The molecule has 2 heteroatoms. The number of hydrogen-bond donors (Lipinski definition) is 1. The van der Waals surface area contributed by atoms with Crippen LogP contribution in [0.15, 0.2) is 42.5 Å². The van der Waals surface area contributed by atoms with E-state index in [1.807, 2.05) is 39.0 Å². The van der Waals surface area contributed by atoms with E-state index in [1.54, 1.807) is 12.1 Å². The molecule has 1 atom stereocenters. The van der Waals surface area contributed by atoms with Crippen LogP contribution in [0.1, 0.15) is 29.2 Å². The minimum Gasteiger partial charge on any atom is -0.318 e. The highest BCUT2D eigenvalue weighted by Gasteiger charge is 2.27. The summed E-state index contributed by atoms with van der Waals surface area (Å²) in [6.07, 6.45) is 0. The zero-order valence-electron chi connectivity index (χ0n) is 11.0. The third kappa shape index (κ3) is 2.16. The Morgan fingerprint density at radius 1 is 1.00 bits per heavy atom.